The third kappa shape index (κ3) is 2.85. The molecule has 0 saturated heterocycles. The Morgan fingerprint density at radius 3 is 2.14 bits per heavy atom. The zero-order valence-electron chi connectivity index (χ0n) is 23.4. The molecule has 9 atom stereocenters. The number of carboxylic acid groups (broad SMARTS) is 1. The van der Waals surface area contributed by atoms with Crippen molar-refractivity contribution in [3.05, 3.63) is 0 Å². The van der Waals surface area contributed by atoms with Crippen LogP contribution in [-0.4, -0.2) is 22.6 Å². The van der Waals surface area contributed by atoms with Crippen molar-refractivity contribution in [2.45, 2.75) is 106 Å². The average molecular weight is 496 g/mol. The highest BCUT2D eigenvalue weighted by Crippen LogP contribution is 2.76. The smallest absolute Gasteiger partial charge is 0.309 e. The van der Waals surface area contributed by atoms with Crippen LogP contribution in [0.4, 0.5) is 0 Å². The quantitative estimate of drug-likeness (QED) is 0.451. The number of hydrogen-bond donors (Lipinski definition) is 1. The van der Waals surface area contributed by atoms with Gasteiger partial charge in [-0.25, -0.2) is 0 Å². The van der Waals surface area contributed by atoms with Crippen LogP contribution in [0.15, 0.2) is 0 Å². The second kappa shape index (κ2) is 7.45. The number of Topliss-reactive ketones (excluding diaryl/α,β-unsaturated/α-hetero) is 2. The molecule has 0 heterocycles. The van der Waals surface area contributed by atoms with Gasteiger partial charge in [-0.2, -0.15) is 5.26 Å². The van der Waals surface area contributed by atoms with Crippen LogP contribution in [-0.2, 0) is 14.4 Å². The van der Waals surface area contributed by atoms with Gasteiger partial charge in [0.25, 0.3) is 0 Å². The first kappa shape index (κ1) is 25.9. The van der Waals surface area contributed by atoms with Crippen LogP contribution in [0, 0.1) is 73.4 Å². The Morgan fingerprint density at radius 1 is 0.889 bits per heavy atom. The van der Waals surface area contributed by atoms with E-state index in [1.165, 1.54) is 0 Å². The second-order valence-corrected chi connectivity index (χ2v) is 15.4. The predicted octanol–water partition coefficient (Wildman–Crippen LogP) is 6.45. The van der Waals surface area contributed by atoms with Crippen LogP contribution in [0.2, 0.25) is 0 Å². The maximum absolute atomic E-state index is 14.4. The summed E-state index contributed by atoms with van der Waals surface area (Å²) in [6, 6.07) is 2.54. The summed E-state index contributed by atoms with van der Waals surface area (Å²) in [6.07, 6.45) is 6.33. The highest BCUT2D eigenvalue weighted by atomic mass is 16.4. The Bertz CT molecular complexity index is 1070. The van der Waals surface area contributed by atoms with Crippen molar-refractivity contribution >= 4 is 17.5 Å². The van der Waals surface area contributed by atoms with E-state index >= 15 is 0 Å². The van der Waals surface area contributed by atoms with E-state index in [9.17, 15) is 24.8 Å². The van der Waals surface area contributed by atoms with Gasteiger partial charge in [-0.1, -0.05) is 48.5 Å². The van der Waals surface area contributed by atoms with Crippen molar-refractivity contribution in [1.82, 2.24) is 0 Å². The standard InChI is InChI=1S/C31H45NO4/c1-26(2)12-14-31(25(35)36)15-13-30(7)24(23(31)18(26)17-32)19(33)16-21-28(5)10-9-22(34)27(3,4)20(28)8-11-29(21,30)6/h18,20-21,23-24H,8-16H2,1-7H3,(H,35,36). The van der Waals surface area contributed by atoms with E-state index in [2.05, 4.69) is 54.5 Å². The van der Waals surface area contributed by atoms with Gasteiger partial charge in [-0.05, 0) is 78.4 Å². The Morgan fingerprint density at radius 2 is 1.53 bits per heavy atom. The van der Waals surface area contributed by atoms with Crippen molar-refractivity contribution in [1.29, 1.82) is 5.26 Å². The summed E-state index contributed by atoms with van der Waals surface area (Å²) in [5.41, 5.74) is -2.24. The molecule has 0 aromatic rings. The third-order valence-electron chi connectivity index (χ3n) is 13.6. The largest absolute Gasteiger partial charge is 0.481 e. The molecule has 5 heteroatoms. The minimum Gasteiger partial charge on any atom is -0.481 e. The lowest BCUT2D eigenvalue weighted by atomic mass is 9.30. The van der Waals surface area contributed by atoms with Gasteiger partial charge >= 0.3 is 5.97 Å². The molecule has 0 spiro atoms. The lowest BCUT2D eigenvalue weighted by Gasteiger charge is -2.72. The topological polar surface area (TPSA) is 95.2 Å². The summed E-state index contributed by atoms with van der Waals surface area (Å²) in [5, 5.41) is 21.0. The number of nitriles is 1. The predicted molar refractivity (Wildman–Crippen MR) is 137 cm³/mol. The molecule has 5 nitrogen and oxygen atoms in total. The Kier molecular flexibility index (Phi) is 5.36. The van der Waals surface area contributed by atoms with Gasteiger partial charge in [0.05, 0.1) is 17.4 Å². The number of ketones is 2. The molecule has 5 rings (SSSR count). The molecule has 36 heavy (non-hydrogen) atoms. The molecule has 0 aromatic heterocycles. The van der Waals surface area contributed by atoms with E-state index < -0.39 is 29.1 Å². The minimum atomic E-state index is -0.987. The van der Waals surface area contributed by atoms with E-state index in [0.29, 0.717) is 37.9 Å². The molecular formula is C31H45NO4. The molecule has 5 aliphatic carbocycles. The molecule has 0 bridgehead atoms. The third-order valence-corrected chi connectivity index (χ3v) is 13.6. The number of rotatable bonds is 1. The molecule has 0 radical (unpaired) electrons. The maximum Gasteiger partial charge on any atom is 0.309 e. The first-order chi connectivity index (χ1) is 16.5. The molecule has 5 aliphatic rings. The Balaban J connectivity index is 1.65. The summed E-state index contributed by atoms with van der Waals surface area (Å²) in [5.74, 6) is -1.12. The molecular weight excluding hydrogens is 450 g/mol. The van der Waals surface area contributed by atoms with Gasteiger partial charge < -0.3 is 5.11 Å². The molecule has 0 amide bonds. The molecule has 198 valence electrons. The van der Waals surface area contributed by atoms with Crippen LogP contribution in [0.3, 0.4) is 0 Å². The van der Waals surface area contributed by atoms with Crippen LogP contribution in [0.25, 0.3) is 0 Å². The molecule has 5 saturated carbocycles. The van der Waals surface area contributed by atoms with Gasteiger partial charge in [0, 0.05) is 30.1 Å². The van der Waals surface area contributed by atoms with E-state index in [1.54, 1.807) is 0 Å². The van der Waals surface area contributed by atoms with Gasteiger partial charge in [-0.15, -0.1) is 0 Å². The summed E-state index contributed by atoms with van der Waals surface area (Å²) >= 11 is 0. The van der Waals surface area contributed by atoms with E-state index in [1.807, 2.05) is 0 Å². The van der Waals surface area contributed by atoms with Crippen LogP contribution in [0.5, 0.6) is 0 Å². The van der Waals surface area contributed by atoms with Gasteiger partial charge in [0.15, 0.2) is 0 Å². The Labute approximate surface area is 216 Å². The van der Waals surface area contributed by atoms with Crippen molar-refractivity contribution < 1.29 is 19.5 Å². The molecule has 1 N–H and O–H groups in total. The number of fused-ring (bicyclic) bond motifs is 7. The van der Waals surface area contributed by atoms with Crippen molar-refractivity contribution in [3.8, 4) is 6.07 Å². The van der Waals surface area contributed by atoms with E-state index in [-0.39, 0.29) is 44.7 Å². The number of carbonyl (C=O) groups is 3. The number of carbonyl (C=O) groups excluding carboxylic acids is 2. The van der Waals surface area contributed by atoms with Crippen molar-refractivity contribution in [2.75, 3.05) is 0 Å². The molecule has 0 aliphatic heterocycles. The van der Waals surface area contributed by atoms with Crippen molar-refractivity contribution in [3.63, 3.8) is 0 Å². The number of aliphatic carboxylic acids is 1. The fourth-order valence-corrected chi connectivity index (χ4v) is 11.1. The first-order valence-electron chi connectivity index (χ1n) is 14.2. The summed E-state index contributed by atoms with van der Waals surface area (Å²) in [6.45, 7) is 15.4. The van der Waals surface area contributed by atoms with Crippen LogP contribution < -0.4 is 0 Å². The summed E-state index contributed by atoms with van der Waals surface area (Å²) < 4.78 is 0. The van der Waals surface area contributed by atoms with Crippen LogP contribution >= 0.6 is 0 Å². The fraction of sp³-hybridized carbons (Fsp3) is 0.871. The first-order valence-corrected chi connectivity index (χ1v) is 14.2. The molecule has 5 fully saturated rings. The summed E-state index contributed by atoms with van der Waals surface area (Å²) in [7, 11) is 0. The van der Waals surface area contributed by atoms with E-state index in [0.717, 1.165) is 25.7 Å². The number of carboxylic acids is 1. The molecule has 0 aromatic carbocycles. The van der Waals surface area contributed by atoms with Crippen molar-refractivity contribution in [2.24, 2.45) is 62.1 Å². The zero-order valence-corrected chi connectivity index (χ0v) is 23.4. The zero-order chi connectivity index (χ0) is 26.7. The Hall–Kier alpha value is -1.70. The monoisotopic (exact) mass is 495 g/mol. The minimum absolute atomic E-state index is 0.0875. The molecule has 9 unspecified atom stereocenters. The van der Waals surface area contributed by atoms with Gasteiger partial charge in [0.2, 0.25) is 0 Å². The number of nitrogens with zero attached hydrogens (tertiary/aromatic N) is 1. The summed E-state index contributed by atoms with van der Waals surface area (Å²) in [4.78, 5) is 40.3. The fourth-order valence-electron chi connectivity index (χ4n) is 11.1. The lowest BCUT2D eigenvalue weighted by molar-refractivity contribution is -0.240. The number of hydrogen-bond acceptors (Lipinski definition) is 4. The lowest BCUT2D eigenvalue weighted by Crippen LogP contribution is -2.70. The van der Waals surface area contributed by atoms with Gasteiger partial charge in [0.1, 0.15) is 11.6 Å². The van der Waals surface area contributed by atoms with E-state index in [4.69, 9.17) is 0 Å². The normalized spacial score (nSPS) is 51.1. The van der Waals surface area contributed by atoms with Gasteiger partial charge in [-0.3, -0.25) is 14.4 Å². The highest BCUT2D eigenvalue weighted by molar-refractivity contribution is 5.88. The average Bonchev–Trinajstić information content (AvgIpc) is 2.78. The SMILES string of the molecule is CC1(C)CCC2(C(=O)O)CCC3(C)C(C(=O)CC4C5(C)CCC(=O)C(C)(C)C5CCC43C)C2C1C#N. The maximum atomic E-state index is 14.4. The second-order valence-electron chi connectivity index (χ2n) is 15.4. The van der Waals surface area contributed by atoms with Crippen LogP contribution in [0.1, 0.15) is 106 Å². The highest BCUT2D eigenvalue weighted by Gasteiger charge is 2.74.